The van der Waals surface area contributed by atoms with Gasteiger partial charge in [-0.2, -0.15) is 0 Å². The predicted octanol–water partition coefficient (Wildman–Crippen LogP) is 5.74. The molecule has 0 aromatic heterocycles. The third-order valence-electron chi connectivity index (χ3n) is 7.53. The van der Waals surface area contributed by atoms with Crippen molar-refractivity contribution in [2.75, 3.05) is 40.8 Å². The van der Waals surface area contributed by atoms with Gasteiger partial charge >= 0.3 is 0 Å². The van der Waals surface area contributed by atoms with E-state index >= 15 is 0 Å². The smallest absolute Gasteiger partial charge is 0.237 e. The van der Waals surface area contributed by atoms with Crippen LogP contribution in [-0.2, 0) is 20.5 Å². The van der Waals surface area contributed by atoms with Gasteiger partial charge in [-0.05, 0) is 54.6 Å². The van der Waals surface area contributed by atoms with Gasteiger partial charge in [0.15, 0.2) is 0 Å². The van der Waals surface area contributed by atoms with Crippen molar-refractivity contribution in [3.05, 3.63) is 107 Å². The minimum Gasteiger partial charge on any atom is -0.373 e. The summed E-state index contributed by atoms with van der Waals surface area (Å²) in [4.78, 5) is 18.1. The van der Waals surface area contributed by atoms with Gasteiger partial charge in [0.25, 0.3) is 0 Å². The first-order chi connectivity index (χ1) is 16.9. The summed E-state index contributed by atoms with van der Waals surface area (Å²) in [5.41, 5.74) is 2.22. The highest BCUT2D eigenvalue weighted by Crippen LogP contribution is 2.40. The monoisotopic (exact) mass is 490 g/mol. The second-order valence-corrected chi connectivity index (χ2v) is 10.1. The lowest BCUT2D eigenvalue weighted by atomic mass is 9.70. The lowest BCUT2D eigenvalue weighted by Crippen LogP contribution is -2.49. The van der Waals surface area contributed by atoms with Gasteiger partial charge in [0, 0.05) is 39.3 Å². The number of hydrogen-bond acceptors (Lipinski definition) is 3. The molecule has 1 saturated heterocycles. The quantitative estimate of drug-likeness (QED) is 0.403. The van der Waals surface area contributed by atoms with Crippen LogP contribution in [0.4, 0.5) is 0 Å². The molecule has 1 heterocycles. The number of carbonyl (C=O) groups excluding carboxylic acids is 1. The standard InChI is InChI=1S/C30H35ClN2O2/c1-32(2)28(34)30(25-10-6-4-7-11-25,26-12-8-5-9-13-26)20-23-33-21-18-29(35-3,19-22-33)24-14-16-27(31)17-15-24/h4-17H,18-23H2,1-3H3. The summed E-state index contributed by atoms with van der Waals surface area (Å²) in [5, 5.41) is 0.737. The lowest BCUT2D eigenvalue weighted by Gasteiger charge is -2.43. The summed E-state index contributed by atoms with van der Waals surface area (Å²) >= 11 is 6.12. The summed E-state index contributed by atoms with van der Waals surface area (Å²) in [6, 6.07) is 28.5. The molecule has 4 rings (SSSR count). The Hall–Kier alpha value is -2.66. The number of halogens is 1. The summed E-state index contributed by atoms with van der Waals surface area (Å²) in [7, 11) is 5.50. The van der Waals surface area contributed by atoms with E-state index in [0.717, 1.165) is 48.6 Å². The Labute approximate surface area is 214 Å². The van der Waals surface area contributed by atoms with E-state index in [1.165, 1.54) is 5.56 Å². The number of ether oxygens (including phenoxy) is 1. The maximum Gasteiger partial charge on any atom is 0.237 e. The van der Waals surface area contributed by atoms with Crippen LogP contribution >= 0.6 is 11.6 Å². The predicted molar refractivity (Wildman–Crippen MR) is 143 cm³/mol. The molecule has 0 bridgehead atoms. The summed E-state index contributed by atoms with van der Waals surface area (Å²) < 4.78 is 6.08. The van der Waals surface area contributed by atoms with Gasteiger partial charge in [0.2, 0.25) is 5.91 Å². The van der Waals surface area contributed by atoms with Crippen molar-refractivity contribution in [2.24, 2.45) is 0 Å². The van der Waals surface area contributed by atoms with E-state index < -0.39 is 5.41 Å². The molecule has 1 amide bonds. The van der Waals surface area contributed by atoms with Crippen molar-refractivity contribution >= 4 is 17.5 Å². The van der Waals surface area contributed by atoms with Crippen LogP contribution < -0.4 is 0 Å². The third-order valence-corrected chi connectivity index (χ3v) is 7.78. The van der Waals surface area contributed by atoms with E-state index in [1.54, 1.807) is 12.0 Å². The average molecular weight is 491 g/mol. The Morgan fingerprint density at radius 3 is 1.89 bits per heavy atom. The van der Waals surface area contributed by atoms with Gasteiger partial charge in [0.05, 0.1) is 5.60 Å². The van der Waals surface area contributed by atoms with Crippen LogP contribution in [0.15, 0.2) is 84.9 Å². The molecule has 3 aromatic rings. The normalized spacial score (nSPS) is 16.1. The van der Waals surface area contributed by atoms with E-state index in [9.17, 15) is 4.79 Å². The van der Waals surface area contributed by atoms with Crippen molar-refractivity contribution in [1.82, 2.24) is 9.80 Å². The number of carbonyl (C=O) groups is 1. The van der Waals surface area contributed by atoms with E-state index in [0.29, 0.717) is 6.42 Å². The first-order valence-electron chi connectivity index (χ1n) is 12.3. The molecule has 1 aliphatic rings. The number of hydrogen-bond donors (Lipinski definition) is 0. The number of likely N-dealkylation sites (tertiary alicyclic amines) is 1. The van der Waals surface area contributed by atoms with Gasteiger partial charge in [-0.25, -0.2) is 0 Å². The molecule has 0 radical (unpaired) electrons. The van der Waals surface area contributed by atoms with Gasteiger partial charge in [0.1, 0.15) is 5.41 Å². The summed E-state index contributed by atoms with van der Waals surface area (Å²) in [6.07, 6.45) is 2.51. The van der Waals surface area contributed by atoms with Gasteiger partial charge in [-0.3, -0.25) is 4.79 Å². The molecule has 3 aromatic carbocycles. The van der Waals surface area contributed by atoms with Gasteiger partial charge in [-0.1, -0.05) is 84.4 Å². The van der Waals surface area contributed by atoms with Crippen LogP contribution in [0, 0.1) is 0 Å². The first kappa shape index (κ1) is 25.4. The average Bonchev–Trinajstić information content (AvgIpc) is 2.91. The van der Waals surface area contributed by atoms with Crippen molar-refractivity contribution in [1.29, 1.82) is 0 Å². The zero-order valence-corrected chi connectivity index (χ0v) is 21.7. The molecular formula is C30H35ClN2O2. The molecular weight excluding hydrogens is 456 g/mol. The molecule has 0 N–H and O–H groups in total. The zero-order valence-electron chi connectivity index (χ0n) is 20.9. The van der Waals surface area contributed by atoms with Crippen LogP contribution in [0.1, 0.15) is 36.0 Å². The third kappa shape index (κ3) is 5.16. The second kappa shape index (κ2) is 10.9. The van der Waals surface area contributed by atoms with E-state index in [4.69, 9.17) is 16.3 Å². The van der Waals surface area contributed by atoms with Gasteiger partial charge < -0.3 is 14.5 Å². The minimum absolute atomic E-state index is 0.110. The molecule has 1 aliphatic heterocycles. The highest BCUT2D eigenvalue weighted by atomic mass is 35.5. The van der Waals surface area contributed by atoms with Gasteiger partial charge in [-0.15, -0.1) is 0 Å². The maximum atomic E-state index is 13.9. The number of nitrogens with zero attached hydrogens (tertiary/aromatic N) is 2. The number of likely N-dealkylation sites (N-methyl/N-ethyl adjacent to an activating group) is 1. The Balaban J connectivity index is 1.58. The molecule has 35 heavy (non-hydrogen) atoms. The van der Waals surface area contributed by atoms with Crippen LogP contribution in [0.3, 0.4) is 0 Å². The Bertz CT molecular complexity index is 1050. The number of amides is 1. The van der Waals surface area contributed by atoms with Crippen LogP contribution in [0.2, 0.25) is 5.02 Å². The largest absolute Gasteiger partial charge is 0.373 e. The minimum atomic E-state index is -0.738. The van der Waals surface area contributed by atoms with Crippen molar-refractivity contribution < 1.29 is 9.53 Å². The summed E-state index contributed by atoms with van der Waals surface area (Å²) in [6.45, 7) is 2.64. The lowest BCUT2D eigenvalue weighted by molar-refractivity contribution is -0.134. The molecule has 0 unspecified atom stereocenters. The molecule has 0 spiro atoms. The molecule has 0 saturated carbocycles. The fraction of sp³-hybridized carbons (Fsp3) is 0.367. The van der Waals surface area contributed by atoms with Crippen LogP contribution in [-0.4, -0.2) is 56.5 Å². The van der Waals surface area contributed by atoms with Crippen molar-refractivity contribution in [3.8, 4) is 0 Å². The summed E-state index contributed by atoms with van der Waals surface area (Å²) in [5.74, 6) is 0.110. The number of rotatable bonds is 8. The SMILES string of the molecule is COC1(c2ccc(Cl)cc2)CCN(CCC(C(=O)N(C)C)(c2ccccc2)c2ccccc2)CC1. The number of methoxy groups -OCH3 is 1. The Kier molecular flexibility index (Phi) is 7.95. The highest BCUT2D eigenvalue weighted by molar-refractivity contribution is 6.30. The zero-order chi connectivity index (χ0) is 24.9. The second-order valence-electron chi connectivity index (χ2n) is 9.63. The molecule has 0 aliphatic carbocycles. The van der Waals surface area contributed by atoms with E-state index in [1.807, 2.05) is 62.6 Å². The highest BCUT2D eigenvalue weighted by Gasteiger charge is 2.44. The maximum absolute atomic E-state index is 13.9. The number of benzene rings is 3. The number of piperidine rings is 1. The molecule has 5 heteroatoms. The van der Waals surface area contributed by atoms with Crippen LogP contribution in [0.25, 0.3) is 0 Å². The Morgan fingerprint density at radius 1 is 0.914 bits per heavy atom. The van der Waals surface area contributed by atoms with E-state index in [-0.39, 0.29) is 11.5 Å². The molecule has 1 fully saturated rings. The molecule has 184 valence electrons. The van der Waals surface area contributed by atoms with Crippen molar-refractivity contribution in [2.45, 2.75) is 30.3 Å². The Morgan fingerprint density at radius 2 is 1.43 bits per heavy atom. The molecule has 4 nitrogen and oxygen atoms in total. The van der Waals surface area contributed by atoms with Crippen LogP contribution in [0.5, 0.6) is 0 Å². The first-order valence-corrected chi connectivity index (χ1v) is 12.7. The van der Waals surface area contributed by atoms with Crippen molar-refractivity contribution in [3.63, 3.8) is 0 Å². The fourth-order valence-corrected chi connectivity index (χ4v) is 5.59. The van der Waals surface area contributed by atoms with E-state index in [2.05, 4.69) is 41.3 Å². The molecule has 0 atom stereocenters. The topological polar surface area (TPSA) is 32.8 Å². The fourth-order valence-electron chi connectivity index (χ4n) is 5.46.